The molecule has 0 aliphatic rings. The van der Waals surface area contributed by atoms with Gasteiger partial charge >= 0.3 is 11.9 Å². The predicted molar refractivity (Wildman–Crippen MR) is 69.2 cm³/mol. The number of thiol groups is 1. The summed E-state index contributed by atoms with van der Waals surface area (Å²) in [4.78, 5) is 19.9. The first-order chi connectivity index (χ1) is 7.86. The molecule has 102 valence electrons. The lowest BCUT2D eigenvalue weighted by molar-refractivity contribution is -0.139. The molecule has 1 unspecified atom stereocenters. The molecule has 6 nitrogen and oxygen atoms in total. The Bertz CT molecular complexity index is 226. The van der Waals surface area contributed by atoms with Crippen molar-refractivity contribution in [2.75, 3.05) is 5.75 Å². The van der Waals surface area contributed by atoms with Crippen LogP contribution in [-0.4, -0.2) is 40.0 Å². The third-order valence-electron chi connectivity index (χ3n) is 1.95. The first kappa shape index (κ1) is 18.6. The molecule has 0 radical (unpaired) electrons. The molecule has 0 fully saturated rings. The number of unbranched alkanes of at least 4 members (excludes halogenated alkanes) is 2. The summed E-state index contributed by atoms with van der Waals surface area (Å²) < 4.78 is 0. The lowest BCUT2D eigenvalue weighted by atomic mass is 10.1. The standard InChI is InChI=1S/C7H15NO2.C3H7NO2S/c1-2-3-4-5-6(8)7(9)10;4-2(1-7)3(5)6/h6H,2-5,8H2,1H3,(H,9,10);2,7H,1,4H2,(H,5,6)/t;2-/m.0/s1. The van der Waals surface area contributed by atoms with Gasteiger partial charge < -0.3 is 21.7 Å². The van der Waals surface area contributed by atoms with Crippen LogP contribution in [-0.2, 0) is 9.59 Å². The second-order valence-corrected chi connectivity index (χ2v) is 3.93. The van der Waals surface area contributed by atoms with Crippen LogP contribution in [0, 0.1) is 0 Å². The highest BCUT2D eigenvalue weighted by molar-refractivity contribution is 7.80. The van der Waals surface area contributed by atoms with Gasteiger partial charge in [-0.15, -0.1) is 0 Å². The van der Waals surface area contributed by atoms with Gasteiger partial charge in [0.05, 0.1) is 0 Å². The molecule has 0 rings (SSSR count). The average Bonchev–Trinajstić information content (AvgIpc) is 2.28. The van der Waals surface area contributed by atoms with Crippen molar-refractivity contribution in [3.05, 3.63) is 0 Å². The normalized spacial score (nSPS) is 13.2. The fourth-order valence-corrected chi connectivity index (χ4v) is 0.972. The van der Waals surface area contributed by atoms with Crippen molar-refractivity contribution >= 4 is 24.6 Å². The molecule has 0 spiro atoms. The number of rotatable bonds is 7. The summed E-state index contributed by atoms with van der Waals surface area (Å²) in [6.07, 6.45) is 3.69. The van der Waals surface area contributed by atoms with E-state index in [4.69, 9.17) is 21.7 Å². The summed E-state index contributed by atoms with van der Waals surface area (Å²) >= 11 is 3.65. The fraction of sp³-hybridized carbons (Fsp3) is 0.800. The highest BCUT2D eigenvalue weighted by Gasteiger charge is 2.09. The van der Waals surface area contributed by atoms with Crippen molar-refractivity contribution in [2.24, 2.45) is 11.5 Å². The number of carbonyl (C=O) groups is 2. The molecule has 17 heavy (non-hydrogen) atoms. The molecule has 0 amide bonds. The van der Waals surface area contributed by atoms with Gasteiger partial charge in [-0.05, 0) is 6.42 Å². The second kappa shape index (κ2) is 11.7. The van der Waals surface area contributed by atoms with Gasteiger partial charge in [-0.1, -0.05) is 26.2 Å². The van der Waals surface area contributed by atoms with Crippen LogP contribution in [0.1, 0.15) is 32.6 Å². The van der Waals surface area contributed by atoms with Gasteiger partial charge in [-0.25, -0.2) is 0 Å². The molecule has 0 aliphatic carbocycles. The molecule has 6 N–H and O–H groups in total. The minimum atomic E-state index is -1.00. The molecule has 0 bridgehead atoms. The van der Waals surface area contributed by atoms with Gasteiger partial charge in [0.25, 0.3) is 0 Å². The molecule has 7 heteroatoms. The van der Waals surface area contributed by atoms with E-state index in [1.165, 1.54) is 0 Å². The van der Waals surface area contributed by atoms with Crippen LogP contribution in [0.2, 0.25) is 0 Å². The van der Waals surface area contributed by atoms with Crippen LogP contribution >= 0.6 is 12.6 Å². The SMILES string of the molecule is CCCCCC(N)C(=O)O.N[C@@H](CS)C(=O)O. The summed E-state index contributed by atoms with van der Waals surface area (Å²) in [5.74, 6) is -1.71. The predicted octanol–water partition coefficient (Wildman–Crippen LogP) is 0.307. The number of aliphatic carboxylic acids is 2. The lowest BCUT2D eigenvalue weighted by Crippen LogP contribution is -2.31. The molecule has 2 atom stereocenters. The van der Waals surface area contributed by atoms with E-state index in [2.05, 4.69) is 19.6 Å². The number of carboxylic acid groups (broad SMARTS) is 2. The Labute approximate surface area is 107 Å². The van der Waals surface area contributed by atoms with E-state index in [9.17, 15) is 9.59 Å². The molecule has 0 saturated heterocycles. The van der Waals surface area contributed by atoms with Gasteiger partial charge in [0, 0.05) is 5.75 Å². The van der Waals surface area contributed by atoms with Gasteiger partial charge in [-0.2, -0.15) is 12.6 Å². The second-order valence-electron chi connectivity index (χ2n) is 3.57. The maximum Gasteiger partial charge on any atom is 0.321 e. The Morgan fingerprint density at radius 1 is 1.12 bits per heavy atom. The van der Waals surface area contributed by atoms with Crippen LogP contribution in [0.4, 0.5) is 0 Å². The summed E-state index contributed by atoms with van der Waals surface area (Å²) in [5, 5.41) is 16.4. The Hall–Kier alpha value is -0.790. The first-order valence-corrected chi connectivity index (χ1v) is 6.07. The van der Waals surface area contributed by atoms with Gasteiger partial charge in [-0.3, -0.25) is 9.59 Å². The highest BCUT2D eigenvalue weighted by Crippen LogP contribution is 2.01. The van der Waals surface area contributed by atoms with Crippen LogP contribution < -0.4 is 11.5 Å². The minimum absolute atomic E-state index is 0.190. The molecule has 0 aromatic heterocycles. The molecule has 0 aromatic carbocycles. The largest absolute Gasteiger partial charge is 0.480 e. The summed E-state index contributed by atoms with van der Waals surface area (Å²) in [6.45, 7) is 2.08. The molecular weight excluding hydrogens is 244 g/mol. The van der Waals surface area contributed by atoms with Gasteiger partial charge in [0.15, 0.2) is 0 Å². The molecule has 0 aromatic rings. The minimum Gasteiger partial charge on any atom is -0.480 e. The zero-order valence-corrected chi connectivity index (χ0v) is 10.9. The van der Waals surface area contributed by atoms with Crippen molar-refractivity contribution in [1.29, 1.82) is 0 Å². The van der Waals surface area contributed by atoms with Gasteiger partial charge in [0.2, 0.25) is 0 Å². The monoisotopic (exact) mass is 266 g/mol. The summed E-state index contributed by atoms with van der Waals surface area (Å²) in [6, 6.07) is -1.48. The Balaban J connectivity index is 0. The van der Waals surface area contributed by atoms with Crippen molar-refractivity contribution in [1.82, 2.24) is 0 Å². The van der Waals surface area contributed by atoms with Crippen LogP contribution in [0.15, 0.2) is 0 Å². The number of carboxylic acids is 2. The van der Waals surface area contributed by atoms with E-state index in [-0.39, 0.29) is 5.75 Å². The molecule has 0 heterocycles. The molecular formula is C10H22N2O4S. The van der Waals surface area contributed by atoms with E-state index in [0.717, 1.165) is 19.3 Å². The van der Waals surface area contributed by atoms with E-state index in [0.29, 0.717) is 6.42 Å². The zero-order valence-electron chi connectivity index (χ0n) is 10.0. The topological polar surface area (TPSA) is 127 Å². The first-order valence-electron chi connectivity index (χ1n) is 5.44. The van der Waals surface area contributed by atoms with Crippen molar-refractivity contribution in [3.8, 4) is 0 Å². The van der Waals surface area contributed by atoms with E-state index in [1.807, 2.05) is 0 Å². The number of hydrogen-bond acceptors (Lipinski definition) is 5. The Morgan fingerprint density at radius 3 is 1.82 bits per heavy atom. The van der Waals surface area contributed by atoms with E-state index < -0.39 is 24.0 Å². The fourth-order valence-electron chi connectivity index (χ4n) is 0.816. The number of nitrogens with two attached hydrogens (primary N) is 2. The molecule has 0 aliphatic heterocycles. The van der Waals surface area contributed by atoms with E-state index in [1.54, 1.807) is 0 Å². The van der Waals surface area contributed by atoms with Gasteiger partial charge in [0.1, 0.15) is 12.1 Å². The molecule has 0 saturated carbocycles. The van der Waals surface area contributed by atoms with Crippen molar-refractivity contribution in [2.45, 2.75) is 44.7 Å². The highest BCUT2D eigenvalue weighted by atomic mass is 32.1. The Kier molecular flexibility index (Phi) is 12.8. The summed E-state index contributed by atoms with van der Waals surface area (Å²) in [7, 11) is 0. The van der Waals surface area contributed by atoms with Crippen LogP contribution in [0.25, 0.3) is 0 Å². The van der Waals surface area contributed by atoms with Crippen LogP contribution in [0.3, 0.4) is 0 Å². The van der Waals surface area contributed by atoms with Crippen LogP contribution in [0.5, 0.6) is 0 Å². The number of hydrogen-bond donors (Lipinski definition) is 5. The maximum atomic E-state index is 10.2. The van der Waals surface area contributed by atoms with E-state index >= 15 is 0 Å². The average molecular weight is 266 g/mol. The quantitative estimate of drug-likeness (QED) is 0.333. The van der Waals surface area contributed by atoms with Crippen molar-refractivity contribution < 1.29 is 19.8 Å². The Morgan fingerprint density at radius 2 is 1.59 bits per heavy atom. The maximum absolute atomic E-state index is 10.2. The third-order valence-corrected chi connectivity index (χ3v) is 2.34. The summed E-state index contributed by atoms with van der Waals surface area (Å²) in [5.41, 5.74) is 10.2. The zero-order chi connectivity index (χ0) is 13.8. The third kappa shape index (κ3) is 13.1. The van der Waals surface area contributed by atoms with Crippen molar-refractivity contribution in [3.63, 3.8) is 0 Å². The lowest BCUT2D eigenvalue weighted by Gasteiger charge is -2.03. The smallest absolute Gasteiger partial charge is 0.321 e.